The van der Waals surface area contributed by atoms with Crippen molar-refractivity contribution in [2.45, 2.75) is 6.92 Å². The zero-order chi connectivity index (χ0) is 15.3. The van der Waals surface area contributed by atoms with Crippen molar-refractivity contribution in [2.75, 3.05) is 18.1 Å². The molecule has 0 saturated carbocycles. The van der Waals surface area contributed by atoms with Crippen LogP contribution in [-0.4, -0.2) is 39.2 Å². The largest absolute Gasteiger partial charge is 0.478 e. The first-order valence-corrected chi connectivity index (χ1v) is 7.21. The van der Waals surface area contributed by atoms with Crippen molar-refractivity contribution in [1.29, 1.82) is 0 Å². The van der Waals surface area contributed by atoms with Crippen molar-refractivity contribution in [3.63, 3.8) is 0 Å². The second-order valence-electron chi connectivity index (χ2n) is 3.81. The standard InChI is InChI=1S/C12H13F2NO4S/c1-2-20(19)4-3-15-11(16)7-5-9(13)10(14)6-8(7)12(17)18/h5-6H,2-4H2,1H3,(H,15,16)(H,17,18). The van der Waals surface area contributed by atoms with Gasteiger partial charge in [-0.2, -0.15) is 0 Å². The number of carbonyl (C=O) groups excluding carboxylic acids is 1. The molecule has 1 aromatic rings. The normalized spacial score (nSPS) is 11.9. The molecule has 0 fully saturated rings. The first-order chi connectivity index (χ1) is 9.36. The van der Waals surface area contributed by atoms with Crippen LogP contribution in [0.3, 0.4) is 0 Å². The van der Waals surface area contributed by atoms with Gasteiger partial charge in [0.2, 0.25) is 0 Å². The zero-order valence-electron chi connectivity index (χ0n) is 10.6. The summed E-state index contributed by atoms with van der Waals surface area (Å²) in [5.74, 6) is -4.40. The van der Waals surface area contributed by atoms with E-state index in [9.17, 15) is 22.6 Å². The molecule has 1 amide bonds. The summed E-state index contributed by atoms with van der Waals surface area (Å²) in [5.41, 5.74) is -1.10. The number of nitrogens with one attached hydrogen (secondary N) is 1. The minimum absolute atomic E-state index is 0.0529. The Bertz CT molecular complexity index is 563. The Morgan fingerprint density at radius 2 is 1.80 bits per heavy atom. The number of hydrogen-bond acceptors (Lipinski definition) is 3. The molecule has 0 aliphatic heterocycles. The molecule has 1 unspecified atom stereocenters. The van der Waals surface area contributed by atoms with Crippen LogP contribution in [0.15, 0.2) is 12.1 Å². The molecule has 1 rings (SSSR count). The van der Waals surface area contributed by atoms with Gasteiger partial charge in [0.15, 0.2) is 11.6 Å². The second kappa shape index (κ2) is 7.09. The third kappa shape index (κ3) is 4.09. The monoisotopic (exact) mass is 305 g/mol. The van der Waals surface area contributed by atoms with Gasteiger partial charge >= 0.3 is 5.97 Å². The highest BCUT2D eigenvalue weighted by Crippen LogP contribution is 2.15. The number of amides is 1. The maximum Gasteiger partial charge on any atom is 0.336 e. The Morgan fingerprint density at radius 1 is 1.25 bits per heavy atom. The van der Waals surface area contributed by atoms with E-state index in [1.54, 1.807) is 6.92 Å². The van der Waals surface area contributed by atoms with Gasteiger partial charge in [-0.3, -0.25) is 9.00 Å². The van der Waals surface area contributed by atoms with Crippen molar-refractivity contribution in [2.24, 2.45) is 0 Å². The number of carboxylic acid groups (broad SMARTS) is 1. The topological polar surface area (TPSA) is 83.5 Å². The van der Waals surface area contributed by atoms with Crippen LogP contribution in [0.5, 0.6) is 0 Å². The highest BCUT2D eigenvalue weighted by atomic mass is 32.2. The summed E-state index contributed by atoms with van der Waals surface area (Å²) in [6.45, 7) is 1.77. The van der Waals surface area contributed by atoms with E-state index in [0.29, 0.717) is 17.9 Å². The number of hydrogen-bond donors (Lipinski definition) is 2. The molecular formula is C12H13F2NO4S. The van der Waals surface area contributed by atoms with Crippen LogP contribution >= 0.6 is 0 Å². The number of carbonyl (C=O) groups is 2. The lowest BCUT2D eigenvalue weighted by Crippen LogP contribution is -2.29. The van der Waals surface area contributed by atoms with Crippen LogP contribution in [0.2, 0.25) is 0 Å². The fourth-order valence-corrected chi connectivity index (χ4v) is 2.05. The van der Waals surface area contributed by atoms with Gasteiger partial charge < -0.3 is 10.4 Å². The van der Waals surface area contributed by atoms with E-state index in [1.807, 2.05) is 0 Å². The first kappa shape index (κ1) is 16.2. The average molecular weight is 305 g/mol. The van der Waals surface area contributed by atoms with Crippen LogP contribution < -0.4 is 5.32 Å². The fourth-order valence-electron chi connectivity index (χ4n) is 1.43. The van der Waals surface area contributed by atoms with Gasteiger partial charge in [-0.25, -0.2) is 13.6 Å². The molecule has 2 N–H and O–H groups in total. The number of rotatable bonds is 6. The molecule has 20 heavy (non-hydrogen) atoms. The Hall–Kier alpha value is -1.83. The Labute approximate surface area is 116 Å². The summed E-state index contributed by atoms with van der Waals surface area (Å²) in [4.78, 5) is 22.6. The highest BCUT2D eigenvalue weighted by Gasteiger charge is 2.20. The first-order valence-electron chi connectivity index (χ1n) is 5.72. The molecule has 0 radical (unpaired) electrons. The van der Waals surface area contributed by atoms with Crippen LogP contribution in [0.4, 0.5) is 8.78 Å². The smallest absolute Gasteiger partial charge is 0.336 e. The van der Waals surface area contributed by atoms with Crippen molar-refractivity contribution in [3.8, 4) is 0 Å². The summed E-state index contributed by atoms with van der Waals surface area (Å²) in [6, 6.07) is 0.988. The van der Waals surface area contributed by atoms with Gasteiger partial charge in [-0.1, -0.05) is 6.92 Å². The zero-order valence-corrected chi connectivity index (χ0v) is 11.4. The van der Waals surface area contributed by atoms with E-state index < -0.39 is 45.4 Å². The van der Waals surface area contributed by atoms with Gasteiger partial charge in [0.25, 0.3) is 5.91 Å². The molecule has 0 aromatic heterocycles. The van der Waals surface area contributed by atoms with E-state index >= 15 is 0 Å². The predicted octanol–water partition coefficient (Wildman–Crippen LogP) is 1.16. The number of halogens is 2. The van der Waals surface area contributed by atoms with Gasteiger partial charge in [0.05, 0.1) is 11.1 Å². The molecule has 0 aliphatic carbocycles. The van der Waals surface area contributed by atoms with E-state index in [4.69, 9.17) is 5.11 Å². The van der Waals surface area contributed by atoms with Gasteiger partial charge in [-0.05, 0) is 12.1 Å². The lowest BCUT2D eigenvalue weighted by Gasteiger charge is -2.08. The summed E-state index contributed by atoms with van der Waals surface area (Å²) >= 11 is 0. The maximum absolute atomic E-state index is 13.1. The van der Waals surface area contributed by atoms with Crippen LogP contribution in [-0.2, 0) is 10.8 Å². The minimum Gasteiger partial charge on any atom is -0.478 e. The quantitative estimate of drug-likeness (QED) is 0.826. The lowest BCUT2D eigenvalue weighted by molar-refractivity contribution is 0.0690. The third-order valence-electron chi connectivity index (χ3n) is 2.47. The van der Waals surface area contributed by atoms with E-state index in [1.165, 1.54) is 0 Å². The lowest BCUT2D eigenvalue weighted by atomic mass is 10.1. The molecule has 0 saturated heterocycles. The van der Waals surface area contributed by atoms with E-state index in [0.717, 1.165) is 0 Å². The second-order valence-corrected chi connectivity index (χ2v) is 5.67. The third-order valence-corrected chi connectivity index (χ3v) is 3.78. The summed E-state index contributed by atoms with van der Waals surface area (Å²) < 4.78 is 37.2. The van der Waals surface area contributed by atoms with Crippen molar-refractivity contribution >= 4 is 22.7 Å². The van der Waals surface area contributed by atoms with Gasteiger partial charge in [0.1, 0.15) is 0 Å². The van der Waals surface area contributed by atoms with Crippen molar-refractivity contribution < 1.29 is 27.7 Å². The molecule has 0 spiro atoms. The summed E-state index contributed by atoms with van der Waals surface area (Å²) in [6.07, 6.45) is 0. The summed E-state index contributed by atoms with van der Waals surface area (Å²) in [7, 11) is -1.09. The SMILES string of the molecule is CCS(=O)CCNC(=O)c1cc(F)c(F)cc1C(=O)O. The Morgan fingerprint density at radius 3 is 2.30 bits per heavy atom. The molecule has 0 aliphatic rings. The Balaban J connectivity index is 2.89. The molecule has 8 heteroatoms. The molecule has 0 heterocycles. The molecule has 5 nitrogen and oxygen atoms in total. The van der Waals surface area contributed by atoms with Crippen molar-refractivity contribution in [3.05, 3.63) is 34.9 Å². The van der Waals surface area contributed by atoms with E-state index in [-0.39, 0.29) is 12.3 Å². The van der Waals surface area contributed by atoms with Crippen molar-refractivity contribution in [1.82, 2.24) is 5.32 Å². The van der Waals surface area contributed by atoms with Gasteiger partial charge in [-0.15, -0.1) is 0 Å². The highest BCUT2D eigenvalue weighted by molar-refractivity contribution is 7.84. The summed E-state index contributed by atoms with van der Waals surface area (Å²) in [5, 5.41) is 11.2. The van der Waals surface area contributed by atoms with Crippen LogP contribution in [0.1, 0.15) is 27.6 Å². The average Bonchev–Trinajstić information content (AvgIpc) is 2.40. The fraction of sp³-hybridized carbons (Fsp3) is 0.333. The maximum atomic E-state index is 13.1. The van der Waals surface area contributed by atoms with E-state index in [2.05, 4.69) is 5.32 Å². The number of carboxylic acids is 1. The van der Waals surface area contributed by atoms with Gasteiger partial charge in [0, 0.05) is 28.9 Å². The minimum atomic E-state index is -1.54. The molecule has 1 aromatic carbocycles. The Kier molecular flexibility index (Phi) is 5.75. The predicted molar refractivity (Wildman–Crippen MR) is 69.2 cm³/mol. The van der Waals surface area contributed by atoms with Crippen LogP contribution in [0, 0.1) is 11.6 Å². The molecule has 0 bridgehead atoms. The van der Waals surface area contributed by atoms with Crippen LogP contribution in [0.25, 0.3) is 0 Å². The molecular weight excluding hydrogens is 292 g/mol. The molecule has 110 valence electrons. The number of aromatic carboxylic acids is 1. The molecule has 1 atom stereocenters. The number of benzene rings is 1.